The quantitative estimate of drug-likeness (QED) is 0.715. The maximum absolute atomic E-state index is 12.8. The third-order valence-electron chi connectivity index (χ3n) is 5.14. The lowest BCUT2D eigenvalue weighted by atomic mass is 10.0. The monoisotopic (exact) mass is 390 g/mol. The minimum absolute atomic E-state index is 0.0254. The van der Waals surface area contributed by atoms with Crippen LogP contribution in [0.25, 0.3) is 11.1 Å². The minimum Gasteiger partial charge on any atom is -0.349 e. The Hall–Kier alpha value is -2.92. The molecule has 1 fully saturated rings. The average Bonchev–Trinajstić information content (AvgIpc) is 3.30. The number of hydrogen-bond acceptors (Lipinski definition) is 3. The molecule has 2 aromatic carbocycles. The molecule has 0 saturated carbocycles. The van der Waals surface area contributed by atoms with E-state index in [-0.39, 0.29) is 17.9 Å². The van der Waals surface area contributed by atoms with Crippen molar-refractivity contribution in [3.8, 4) is 11.1 Å². The molecule has 0 radical (unpaired) electrons. The molecule has 0 spiro atoms. The maximum Gasteiger partial charge on any atom is 0.253 e. The van der Waals surface area contributed by atoms with Crippen molar-refractivity contribution in [3.63, 3.8) is 0 Å². The third kappa shape index (κ3) is 4.15. The van der Waals surface area contributed by atoms with Crippen LogP contribution in [0.15, 0.2) is 71.4 Å². The molecule has 4 rings (SSSR count). The van der Waals surface area contributed by atoms with Gasteiger partial charge in [-0.3, -0.25) is 9.59 Å². The predicted molar refractivity (Wildman–Crippen MR) is 113 cm³/mol. The molecule has 1 aliphatic rings. The second-order valence-corrected chi connectivity index (χ2v) is 7.78. The van der Waals surface area contributed by atoms with Gasteiger partial charge in [-0.25, -0.2) is 0 Å². The SMILES string of the molecule is O=C(NC1CCN(C(=O)c2ccc(-c3ccccc3)cc2)CC1)c1ccsc1. The lowest BCUT2D eigenvalue weighted by Crippen LogP contribution is -2.46. The van der Waals surface area contributed by atoms with Crippen LogP contribution in [0.3, 0.4) is 0 Å². The van der Waals surface area contributed by atoms with Gasteiger partial charge in [0.15, 0.2) is 0 Å². The van der Waals surface area contributed by atoms with Gasteiger partial charge in [0.05, 0.1) is 0 Å². The van der Waals surface area contributed by atoms with Gasteiger partial charge in [-0.15, -0.1) is 0 Å². The number of carbonyl (C=O) groups is 2. The summed E-state index contributed by atoms with van der Waals surface area (Å²) in [7, 11) is 0. The van der Waals surface area contributed by atoms with Crippen LogP contribution >= 0.6 is 11.3 Å². The summed E-state index contributed by atoms with van der Waals surface area (Å²) < 4.78 is 0. The number of hydrogen-bond donors (Lipinski definition) is 1. The maximum atomic E-state index is 12.8. The zero-order valence-electron chi connectivity index (χ0n) is 15.5. The highest BCUT2D eigenvalue weighted by Gasteiger charge is 2.25. The molecule has 28 heavy (non-hydrogen) atoms. The molecule has 142 valence electrons. The number of nitrogens with zero attached hydrogens (tertiary/aromatic N) is 1. The number of carbonyl (C=O) groups excluding carboxylic acids is 2. The van der Waals surface area contributed by atoms with Gasteiger partial charge in [0.1, 0.15) is 0 Å². The average molecular weight is 391 g/mol. The standard InChI is InChI=1S/C23H22N2O2S/c26-22(20-12-15-28-16-20)24-21-10-13-25(14-11-21)23(27)19-8-6-18(7-9-19)17-4-2-1-3-5-17/h1-9,12,15-16,21H,10-11,13-14H2,(H,24,26). The molecule has 1 aromatic heterocycles. The van der Waals surface area contributed by atoms with Crippen LogP contribution in [0.2, 0.25) is 0 Å². The molecule has 0 atom stereocenters. The van der Waals surface area contributed by atoms with Crippen molar-refractivity contribution in [2.24, 2.45) is 0 Å². The predicted octanol–water partition coefficient (Wildman–Crippen LogP) is 4.45. The highest BCUT2D eigenvalue weighted by atomic mass is 32.1. The Balaban J connectivity index is 1.33. The Bertz CT molecular complexity index is 929. The molecule has 2 heterocycles. The van der Waals surface area contributed by atoms with Gasteiger partial charge < -0.3 is 10.2 Å². The molecule has 3 aromatic rings. The third-order valence-corrected chi connectivity index (χ3v) is 5.82. The first-order chi connectivity index (χ1) is 13.7. The molecular weight excluding hydrogens is 368 g/mol. The number of nitrogens with one attached hydrogen (secondary N) is 1. The van der Waals surface area contributed by atoms with E-state index in [2.05, 4.69) is 17.4 Å². The number of amides is 2. The highest BCUT2D eigenvalue weighted by molar-refractivity contribution is 7.08. The molecule has 0 aliphatic carbocycles. The molecule has 4 nitrogen and oxygen atoms in total. The van der Waals surface area contributed by atoms with Gasteiger partial charge in [-0.05, 0) is 47.5 Å². The zero-order chi connectivity index (χ0) is 19.3. The van der Waals surface area contributed by atoms with Crippen molar-refractivity contribution in [2.45, 2.75) is 18.9 Å². The van der Waals surface area contributed by atoms with Crippen molar-refractivity contribution >= 4 is 23.2 Å². The summed E-state index contributed by atoms with van der Waals surface area (Å²) in [5.74, 6) is 0.0322. The molecule has 0 unspecified atom stereocenters. The number of thiophene rings is 1. The van der Waals surface area contributed by atoms with E-state index < -0.39 is 0 Å². The van der Waals surface area contributed by atoms with Crippen molar-refractivity contribution < 1.29 is 9.59 Å². The van der Waals surface area contributed by atoms with Crippen molar-refractivity contribution in [1.29, 1.82) is 0 Å². The minimum atomic E-state index is -0.0254. The number of likely N-dealkylation sites (tertiary alicyclic amines) is 1. The number of rotatable bonds is 4. The van der Waals surface area contributed by atoms with E-state index in [4.69, 9.17) is 0 Å². The summed E-state index contributed by atoms with van der Waals surface area (Å²) in [6.07, 6.45) is 1.56. The lowest BCUT2D eigenvalue weighted by Gasteiger charge is -2.32. The molecule has 1 aliphatic heterocycles. The van der Waals surface area contributed by atoms with Gasteiger partial charge in [0.2, 0.25) is 0 Å². The fourth-order valence-corrected chi connectivity index (χ4v) is 4.14. The molecule has 1 N–H and O–H groups in total. The van der Waals surface area contributed by atoms with E-state index in [9.17, 15) is 9.59 Å². The van der Waals surface area contributed by atoms with Crippen LogP contribution in [0, 0.1) is 0 Å². The summed E-state index contributed by atoms with van der Waals surface area (Å²) in [5.41, 5.74) is 3.66. The second-order valence-electron chi connectivity index (χ2n) is 7.00. The summed E-state index contributed by atoms with van der Waals surface area (Å²) in [6, 6.07) is 19.9. The first-order valence-electron chi connectivity index (χ1n) is 9.48. The van der Waals surface area contributed by atoms with E-state index in [0.717, 1.165) is 24.0 Å². The Morgan fingerprint density at radius 1 is 0.857 bits per heavy atom. The van der Waals surface area contributed by atoms with Crippen LogP contribution in [0.1, 0.15) is 33.6 Å². The Kier molecular flexibility index (Phi) is 5.53. The Labute approximate surface area is 168 Å². The van der Waals surface area contributed by atoms with Crippen molar-refractivity contribution in [2.75, 3.05) is 13.1 Å². The normalized spacial score (nSPS) is 14.6. The molecule has 1 saturated heterocycles. The van der Waals surface area contributed by atoms with Crippen LogP contribution < -0.4 is 5.32 Å². The first-order valence-corrected chi connectivity index (χ1v) is 10.4. The van der Waals surface area contributed by atoms with Crippen LogP contribution in [0.4, 0.5) is 0 Å². The molecule has 2 amide bonds. The highest BCUT2D eigenvalue weighted by Crippen LogP contribution is 2.21. The van der Waals surface area contributed by atoms with E-state index in [1.165, 1.54) is 11.3 Å². The smallest absolute Gasteiger partial charge is 0.253 e. The summed E-state index contributed by atoms with van der Waals surface area (Å²) >= 11 is 1.52. The van der Waals surface area contributed by atoms with Crippen LogP contribution in [-0.2, 0) is 0 Å². The fraction of sp³-hybridized carbons (Fsp3) is 0.217. The Morgan fingerprint density at radius 3 is 2.18 bits per heavy atom. The first kappa shape index (κ1) is 18.4. The number of piperidine rings is 1. The van der Waals surface area contributed by atoms with E-state index >= 15 is 0 Å². The van der Waals surface area contributed by atoms with Gasteiger partial charge >= 0.3 is 0 Å². The second kappa shape index (κ2) is 8.40. The van der Waals surface area contributed by atoms with E-state index in [0.29, 0.717) is 24.2 Å². The fourth-order valence-electron chi connectivity index (χ4n) is 3.51. The summed E-state index contributed by atoms with van der Waals surface area (Å²) in [6.45, 7) is 1.32. The zero-order valence-corrected chi connectivity index (χ0v) is 16.3. The van der Waals surface area contributed by atoms with Crippen LogP contribution in [0.5, 0.6) is 0 Å². The van der Waals surface area contributed by atoms with Gasteiger partial charge in [0.25, 0.3) is 11.8 Å². The van der Waals surface area contributed by atoms with Crippen LogP contribution in [-0.4, -0.2) is 35.8 Å². The van der Waals surface area contributed by atoms with Gasteiger partial charge in [0, 0.05) is 35.6 Å². The number of benzene rings is 2. The topological polar surface area (TPSA) is 49.4 Å². The largest absolute Gasteiger partial charge is 0.349 e. The van der Waals surface area contributed by atoms with Gasteiger partial charge in [-0.2, -0.15) is 11.3 Å². The summed E-state index contributed by atoms with van der Waals surface area (Å²) in [4.78, 5) is 26.9. The molecule has 5 heteroatoms. The molecule has 0 bridgehead atoms. The lowest BCUT2D eigenvalue weighted by molar-refractivity contribution is 0.0698. The van der Waals surface area contributed by atoms with Gasteiger partial charge in [-0.1, -0.05) is 42.5 Å². The van der Waals surface area contributed by atoms with Crippen molar-refractivity contribution in [3.05, 3.63) is 82.6 Å². The van der Waals surface area contributed by atoms with E-state index in [1.807, 2.05) is 64.2 Å². The summed E-state index contributed by atoms with van der Waals surface area (Å²) in [5, 5.41) is 6.83. The molecular formula is C23H22N2O2S. The van der Waals surface area contributed by atoms with E-state index in [1.54, 1.807) is 0 Å². The Morgan fingerprint density at radius 2 is 1.54 bits per heavy atom. The van der Waals surface area contributed by atoms with Crippen molar-refractivity contribution in [1.82, 2.24) is 10.2 Å².